The Labute approximate surface area is 130 Å². The Hall–Kier alpha value is -2.05. The van der Waals surface area contributed by atoms with Crippen LogP contribution in [-0.4, -0.2) is 15.1 Å². The molecule has 0 saturated heterocycles. The number of halogens is 1. The van der Waals surface area contributed by atoms with Gasteiger partial charge in [0.15, 0.2) is 0 Å². The highest BCUT2D eigenvalue weighted by atomic mass is 35.5. The number of hydrogen-bond donors (Lipinski definition) is 1. The lowest BCUT2D eigenvalue weighted by Gasteiger charge is -1.97. The highest BCUT2D eigenvalue weighted by Gasteiger charge is 2.09. The molecule has 2 aromatic heterocycles. The highest BCUT2D eigenvalue weighted by molar-refractivity contribution is 7.98. The van der Waals surface area contributed by atoms with E-state index in [9.17, 15) is 0 Å². The Bertz CT molecular complexity index is 727. The Morgan fingerprint density at radius 2 is 1.95 bits per heavy atom. The summed E-state index contributed by atoms with van der Waals surface area (Å²) in [4.78, 5) is 8.55. The molecule has 0 aliphatic rings. The first-order valence-corrected chi connectivity index (χ1v) is 7.50. The molecule has 7 heteroatoms. The average molecular weight is 319 g/mol. The average Bonchev–Trinajstić information content (AvgIpc) is 2.96. The molecule has 0 aliphatic carbocycles. The molecule has 2 N–H and O–H groups in total. The zero-order valence-corrected chi connectivity index (χ0v) is 12.4. The van der Waals surface area contributed by atoms with E-state index < -0.39 is 0 Å². The number of nitrogens with zero attached hydrogens (tertiary/aromatic N) is 3. The molecule has 2 heterocycles. The Morgan fingerprint density at radius 1 is 1.14 bits per heavy atom. The molecule has 0 amide bonds. The van der Waals surface area contributed by atoms with Gasteiger partial charge in [-0.1, -0.05) is 28.5 Å². The van der Waals surface area contributed by atoms with E-state index in [-0.39, 0.29) is 0 Å². The summed E-state index contributed by atoms with van der Waals surface area (Å²) in [5.74, 6) is 1.65. The number of anilines is 1. The van der Waals surface area contributed by atoms with E-state index in [0.29, 0.717) is 28.2 Å². The fourth-order valence-electron chi connectivity index (χ4n) is 1.64. The van der Waals surface area contributed by atoms with Crippen LogP contribution in [-0.2, 0) is 5.75 Å². The highest BCUT2D eigenvalue weighted by Crippen LogP contribution is 2.23. The first-order valence-electron chi connectivity index (χ1n) is 6.13. The summed E-state index contributed by atoms with van der Waals surface area (Å²) in [5.41, 5.74) is 7.10. The monoisotopic (exact) mass is 318 g/mol. The first-order chi connectivity index (χ1) is 10.2. The molecule has 0 aliphatic heterocycles. The molecule has 0 radical (unpaired) electrons. The van der Waals surface area contributed by atoms with E-state index in [1.54, 1.807) is 18.3 Å². The molecule has 0 unspecified atom stereocenters. The molecule has 106 valence electrons. The molecule has 0 spiro atoms. The number of thioether (sulfide) groups is 1. The molecule has 5 nitrogen and oxygen atoms in total. The van der Waals surface area contributed by atoms with Crippen LogP contribution in [0, 0.1) is 0 Å². The molecular weight excluding hydrogens is 308 g/mol. The van der Waals surface area contributed by atoms with Gasteiger partial charge in [-0.05, 0) is 36.4 Å². The van der Waals surface area contributed by atoms with E-state index in [4.69, 9.17) is 21.9 Å². The Morgan fingerprint density at radius 3 is 2.67 bits per heavy atom. The lowest BCUT2D eigenvalue weighted by atomic mass is 10.2. The van der Waals surface area contributed by atoms with Crippen molar-refractivity contribution < 1.29 is 4.52 Å². The number of pyridine rings is 1. The van der Waals surface area contributed by atoms with E-state index >= 15 is 0 Å². The van der Waals surface area contributed by atoms with Crippen LogP contribution in [0.2, 0.25) is 5.02 Å². The van der Waals surface area contributed by atoms with Crippen molar-refractivity contribution in [2.45, 2.75) is 10.8 Å². The molecule has 0 fully saturated rings. The van der Waals surface area contributed by atoms with Crippen molar-refractivity contribution in [3.8, 4) is 11.4 Å². The third-order valence-corrected chi connectivity index (χ3v) is 3.85. The summed E-state index contributed by atoms with van der Waals surface area (Å²) in [5, 5.41) is 5.49. The maximum Gasteiger partial charge on any atom is 0.237 e. The van der Waals surface area contributed by atoms with Crippen molar-refractivity contribution in [1.82, 2.24) is 15.1 Å². The van der Waals surface area contributed by atoms with Crippen LogP contribution in [0.5, 0.6) is 0 Å². The Balaban J connectivity index is 1.67. The molecule has 0 bridgehead atoms. The van der Waals surface area contributed by atoms with Crippen molar-refractivity contribution >= 4 is 29.1 Å². The summed E-state index contributed by atoms with van der Waals surface area (Å²) in [7, 11) is 0. The largest absolute Gasteiger partial charge is 0.397 e. The van der Waals surface area contributed by atoms with Gasteiger partial charge in [0.25, 0.3) is 0 Å². The number of benzene rings is 1. The predicted octanol–water partition coefficient (Wildman–Crippen LogP) is 3.66. The summed E-state index contributed by atoms with van der Waals surface area (Å²) in [6.07, 6.45) is 1.62. The molecule has 0 atom stereocenters. The van der Waals surface area contributed by atoms with Gasteiger partial charge in [0.05, 0.1) is 22.7 Å². The normalized spacial score (nSPS) is 10.7. The third kappa shape index (κ3) is 3.53. The van der Waals surface area contributed by atoms with Crippen LogP contribution in [0.3, 0.4) is 0 Å². The van der Waals surface area contributed by atoms with Gasteiger partial charge in [-0.15, -0.1) is 0 Å². The number of nitrogen functional groups attached to an aromatic ring is 1. The first kappa shape index (κ1) is 13.9. The SMILES string of the molecule is Nc1ccc(SCc2nc(-c3ccc(Cl)cc3)no2)nc1. The van der Waals surface area contributed by atoms with Gasteiger partial charge in [0.2, 0.25) is 11.7 Å². The van der Waals surface area contributed by atoms with Gasteiger partial charge in [-0.3, -0.25) is 0 Å². The topological polar surface area (TPSA) is 77.8 Å². The summed E-state index contributed by atoms with van der Waals surface area (Å²) in [6.45, 7) is 0. The van der Waals surface area contributed by atoms with Crippen LogP contribution in [0.4, 0.5) is 5.69 Å². The number of aromatic nitrogens is 3. The smallest absolute Gasteiger partial charge is 0.237 e. The zero-order valence-electron chi connectivity index (χ0n) is 10.9. The van der Waals surface area contributed by atoms with Gasteiger partial charge >= 0.3 is 0 Å². The van der Waals surface area contributed by atoms with Crippen LogP contribution in [0.25, 0.3) is 11.4 Å². The molecule has 21 heavy (non-hydrogen) atoms. The van der Waals surface area contributed by atoms with Gasteiger partial charge < -0.3 is 10.3 Å². The molecule has 3 rings (SSSR count). The molecule has 1 aromatic carbocycles. The number of nitrogens with two attached hydrogens (primary N) is 1. The standard InChI is InChI=1S/C14H11ClN4OS/c15-10-3-1-9(2-4-10)14-18-12(20-19-14)8-21-13-6-5-11(16)7-17-13/h1-7H,8,16H2. The van der Waals surface area contributed by atoms with Crippen LogP contribution in [0.1, 0.15) is 5.89 Å². The van der Waals surface area contributed by atoms with Gasteiger partial charge in [0.1, 0.15) is 0 Å². The second-order valence-electron chi connectivity index (χ2n) is 4.24. The summed E-state index contributed by atoms with van der Waals surface area (Å²) < 4.78 is 5.23. The van der Waals surface area contributed by atoms with Gasteiger partial charge in [0, 0.05) is 10.6 Å². The van der Waals surface area contributed by atoms with E-state index in [1.807, 2.05) is 24.3 Å². The molecule has 3 aromatic rings. The zero-order chi connectivity index (χ0) is 14.7. The van der Waals surface area contributed by atoms with Crippen molar-refractivity contribution in [2.24, 2.45) is 0 Å². The van der Waals surface area contributed by atoms with Crippen molar-refractivity contribution in [3.05, 3.63) is 53.5 Å². The van der Waals surface area contributed by atoms with Crippen LogP contribution in [0.15, 0.2) is 52.1 Å². The fourth-order valence-corrected chi connectivity index (χ4v) is 2.45. The number of hydrogen-bond acceptors (Lipinski definition) is 6. The maximum atomic E-state index is 5.85. The van der Waals surface area contributed by atoms with Gasteiger partial charge in [-0.2, -0.15) is 4.98 Å². The minimum absolute atomic E-state index is 0.545. The van der Waals surface area contributed by atoms with Crippen molar-refractivity contribution in [1.29, 1.82) is 0 Å². The predicted molar refractivity (Wildman–Crippen MR) is 83.0 cm³/mol. The van der Waals surface area contributed by atoms with E-state index in [1.165, 1.54) is 11.8 Å². The minimum Gasteiger partial charge on any atom is -0.397 e. The van der Waals surface area contributed by atoms with Gasteiger partial charge in [-0.25, -0.2) is 4.98 Å². The van der Waals surface area contributed by atoms with E-state index in [0.717, 1.165) is 10.6 Å². The summed E-state index contributed by atoms with van der Waals surface area (Å²) >= 11 is 7.36. The lowest BCUT2D eigenvalue weighted by Crippen LogP contribution is -1.87. The fraction of sp³-hybridized carbons (Fsp3) is 0.0714. The second kappa shape index (κ2) is 6.15. The lowest BCUT2D eigenvalue weighted by molar-refractivity contribution is 0.391. The number of rotatable bonds is 4. The summed E-state index contributed by atoms with van der Waals surface area (Å²) in [6, 6.07) is 11.0. The van der Waals surface area contributed by atoms with Crippen molar-refractivity contribution in [2.75, 3.05) is 5.73 Å². The third-order valence-electron chi connectivity index (χ3n) is 2.67. The van der Waals surface area contributed by atoms with Crippen molar-refractivity contribution in [3.63, 3.8) is 0 Å². The maximum absolute atomic E-state index is 5.85. The Kier molecular flexibility index (Phi) is 4.08. The molecule has 0 saturated carbocycles. The van der Waals surface area contributed by atoms with E-state index in [2.05, 4.69) is 15.1 Å². The minimum atomic E-state index is 0.545. The van der Waals surface area contributed by atoms with Crippen LogP contribution >= 0.6 is 23.4 Å². The quantitative estimate of drug-likeness (QED) is 0.740. The van der Waals surface area contributed by atoms with Crippen LogP contribution < -0.4 is 5.73 Å². The second-order valence-corrected chi connectivity index (χ2v) is 5.67. The molecular formula is C14H11ClN4OS.